The van der Waals surface area contributed by atoms with Crippen molar-refractivity contribution in [2.45, 2.75) is 0 Å². The van der Waals surface area contributed by atoms with Crippen molar-refractivity contribution >= 4 is 51.8 Å². The largest absolute Gasteiger partial charge is 0.422 e. The van der Waals surface area contributed by atoms with Gasteiger partial charge in [-0.05, 0) is 52.7 Å². The highest BCUT2D eigenvalue weighted by Crippen LogP contribution is 2.22. The molecule has 0 saturated carbocycles. The number of benzene rings is 3. The fraction of sp³-hybridized carbons (Fsp3) is 0. The zero-order chi connectivity index (χ0) is 22.3. The summed E-state index contributed by atoms with van der Waals surface area (Å²) < 4.78 is 5.28. The topological polar surface area (TPSA) is 96.9 Å². The van der Waals surface area contributed by atoms with Crippen molar-refractivity contribution in [3.63, 3.8) is 0 Å². The number of carbonyl (C=O) groups excluding carboxylic acids is 3. The van der Waals surface area contributed by atoms with E-state index >= 15 is 0 Å². The summed E-state index contributed by atoms with van der Waals surface area (Å²) in [6.07, 6.45) is 1.38. The molecule has 158 valence electrons. The number of nitrogens with one attached hydrogen (secondary N) is 2. The molecule has 0 bridgehead atoms. The maximum absolute atomic E-state index is 12.2. The summed E-state index contributed by atoms with van der Waals surface area (Å²) >= 11 is 1.30. The molecule has 7 nitrogen and oxygen atoms in total. The minimum absolute atomic E-state index is 0.388. The average Bonchev–Trinajstić information content (AvgIpc) is 3.36. The SMILES string of the molecule is O=C(N/N=C/c1ccc(OC(=O)c2cccs2)cc1)C(=O)Nc1cccc2ccccc12. The molecule has 32 heavy (non-hydrogen) atoms. The molecule has 0 unspecified atom stereocenters. The summed E-state index contributed by atoms with van der Waals surface area (Å²) in [4.78, 5) is 36.7. The summed E-state index contributed by atoms with van der Waals surface area (Å²) in [5, 5.41) is 9.99. The second-order valence-electron chi connectivity index (χ2n) is 6.62. The van der Waals surface area contributed by atoms with Crippen LogP contribution in [0.5, 0.6) is 5.75 Å². The van der Waals surface area contributed by atoms with Crippen molar-refractivity contribution in [3.05, 3.63) is 94.7 Å². The summed E-state index contributed by atoms with van der Waals surface area (Å²) in [7, 11) is 0. The maximum Gasteiger partial charge on any atom is 0.353 e. The summed E-state index contributed by atoms with van der Waals surface area (Å²) in [6, 6.07) is 23.0. The molecule has 0 aliphatic heterocycles. The molecule has 4 aromatic rings. The van der Waals surface area contributed by atoms with Gasteiger partial charge in [0.25, 0.3) is 0 Å². The van der Waals surface area contributed by atoms with Crippen LogP contribution in [-0.4, -0.2) is 24.0 Å². The minimum atomic E-state index is -0.893. The number of carbonyl (C=O) groups is 3. The normalized spacial score (nSPS) is 10.8. The number of amides is 2. The molecular formula is C24H17N3O4S. The van der Waals surface area contributed by atoms with Crippen LogP contribution < -0.4 is 15.5 Å². The second kappa shape index (κ2) is 9.67. The Hall–Kier alpha value is -4.30. The van der Waals surface area contributed by atoms with E-state index in [1.807, 2.05) is 30.3 Å². The Morgan fingerprint density at radius 1 is 0.844 bits per heavy atom. The smallest absolute Gasteiger partial charge is 0.353 e. The zero-order valence-electron chi connectivity index (χ0n) is 16.6. The van der Waals surface area contributed by atoms with Gasteiger partial charge in [0.1, 0.15) is 10.6 Å². The highest BCUT2D eigenvalue weighted by Gasteiger charge is 2.14. The van der Waals surface area contributed by atoms with Crippen molar-refractivity contribution in [2.24, 2.45) is 5.10 Å². The van der Waals surface area contributed by atoms with E-state index in [0.717, 1.165) is 10.8 Å². The number of ether oxygens (including phenoxy) is 1. The van der Waals surface area contributed by atoms with E-state index in [0.29, 0.717) is 21.9 Å². The molecule has 1 aromatic heterocycles. The zero-order valence-corrected chi connectivity index (χ0v) is 17.5. The Labute approximate surface area is 187 Å². The van der Waals surface area contributed by atoms with Crippen LogP contribution in [-0.2, 0) is 9.59 Å². The van der Waals surface area contributed by atoms with Gasteiger partial charge in [-0.1, -0.05) is 42.5 Å². The molecule has 0 aliphatic rings. The molecule has 2 amide bonds. The Morgan fingerprint density at radius 3 is 2.41 bits per heavy atom. The Bertz CT molecular complexity index is 1290. The second-order valence-corrected chi connectivity index (χ2v) is 7.56. The molecule has 0 atom stereocenters. The number of rotatable bonds is 5. The van der Waals surface area contributed by atoms with Gasteiger partial charge >= 0.3 is 17.8 Å². The van der Waals surface area contributed by atoms with Crippen molar-refractivity contribution in [2.75, 3.05) is 5.32 Å². The molecule has 2 N–H and O–H groups in total. The van der Waals surface area contributed by atoms with E-state index in [1.54, 1.807) is 53.9 Å². The molecule has 4 rings (SSSR count). The third kappa shape index (κ3) is 5.05. The molecule has 1 heterocycles. The first-order chi connectivity index (χ1) is 15.6. The van der Waals surface area contributed by atoms with Crippen LogP contribution >= 0.6 is 11.3 Å². The van der Waals surface area contributed by atoms with E-state index in [4.69, 9.17) is 4.74 Å². The van der Waals surface area contributed by atoms with Crippen molar-refractivity contribution in [3.8, 4) is 5.75 Å². The lowest BCUT2D eigenvalue weighted by Gasteiger charge is -2.07. The van der Waals surface area contributed by atoms with Crippen LogP contribution in [0, 0.1) is 0 Å². The molecule has 3 aromatic carbocycles. The van der Waals surface area contributed by atoms with Crippen LogP contribution in [0.4, 0.5) is 5.69 Å². The van der Waals surface area contributed by atoms with Gasteiger partial charge in [-0.3, -0.25) is 9.59 Å². The van der Waals surface area contributed by atoms with Gasteiger partial charge in [0, 0.05) is 11.1 Å². The van der Waals surface area contributed by atoms with Gasteiger partial charge in [-0.25, -0.2) is 10.2 Å². The van der Waals surface area contributed by atoms with Gasteiger partial charge in [0.2, 0.25) is 0 Å². The number of anilines is 1. The van der Waals surface area contributed by atoms with Gasteiger partial charge in [-0.15, -0.1) is 11.3 Å². The highest BCUT2D eigenvalue weighted by molar-refractivity contribution is 7.12. The van der Waals surface area contributed by atoms with Crippen LogP contribution in [0.15, 0.2) is 89.3 Å². The predicted octanol–water partition coefficient (Wildman–Crippen LogP) is 4.21. The number of hydrogen-bond donors (Lipinski definition) is 2. The van der Waals surface area contributed by atoms with E-state index < -0.39 is 17.8 Å². The van der Waals surface area contributed by atoms with Crippen molar-refractivity contribution in [1.82, 2.24) is 5.43 Å². The molecule has 0 radical (unpaired) electrons. The summed E-state index contributed by atoms with van der Waals surface area (Å²) in [5.41, 5.74) is 3.39. The summed E-state index contributed by atoms with van der Waals surface area (Å²) in [6.45, 7) is 0. The first kappa shape index (κ1) is 21.0. The maximum atomic E-state index is 12.2. The van der Waals surface area contributed by atoms with Crippen molar-refractivity contribution < 1.29 is 19.1 Å². The Morgan fingerprint density at radius 2 is 1.62 bits per heavy atom. The minimum Gasteiger partial charge on any atom is -0.422 e. The lowest BCUT2D eigenvalue weighted by molar-refractivity contribution is -0.136. The number of hydrazone groups is 1. The Kier molecular flexibility index (Phi) is 6.33. The third-order valence-electron chi connectivity index (χ3n) is 4.44. The lowest BCUT2D eigenvalue weighted by Crippen LogP contribution is -2.32. The van der Waals surface area contributed by atoms with E-state index in [2.05, 4.69) is 15.8 Å². The van der Waals surface area contributed by atoms with Crippen LogP contribution in [0.2, 0.25) is 0 Å². The molecule has 0 aliphatic carbocycles. The van der Waals surface area contributed by atoms with Gasteiger partial charge < -0.3 is 10.1 Å². The van der Waals surface area contributed by atoms with Gasteiger partial charge in [0.05, 0.1) is 6.21 Å². The van der Waals surface area contributed by atoms with E-state index in [9.17, 15) is 14.4 Å². The van der Waals surface area contributed by atoms with Crippen LogP contribution in [0.3, 0.4) is 0 Å². The van der Waals surface area contributed by atoms with Crippen LogP contribution in [0.25, 0.3) is 10.8 Å². The van der Waals surface area contributed by atoms with E-state index in [-0.39, 0.29) is 0 Å². The number of nitrogens with zero attached hydrogens (tertiary/aromatic N) is 1. The average molecular weight is 443 g/mol. The predicted molar refractivity (Wildman–Crippen MR) is 124 cm³/mol. The third-order valence-corrected chi connectivity index (χ3v) is 5.29. The van der Waals surface area contributed by atoms with Gasteiger partial charge in [0.15, 0.2) is 0 Å². The van der Waals surface area contributed by atoms with Crippen molar-refractivity contribution in [1.29, 1.82) is 0 Å². The molecule has 0 fully saturated rings. The summed E-state index contributed by atoms with van der Waals surface area (Å²) in [5.74, 6) is -1.75. The highest BCUT2D eigenvalue weighted by atomic mass is 32.1. The molecule has 0 saturated heterocycles. The Balaban J connectivity index is 1.31. The molecule has 8 heteroatoms. The monoisotopic (exact) mass is 443 g/mol. The fourth-order valence-corrected chi connectivity index (χ4v) is 3.50. The first-order valence-electron chi connectivity index (χ1n) is 9.58. The standard InChI is InChI=1S/C24H17N3O4S/c28-22(26-20-8-3-6-17-5-1-2-7-19(17)20)23(29)27-25-15-16-10-12-18(13-11-16)31-24(30)21-9-4-14-32-21/h1-15H,(H,26,28)(H,27,29)/b25-15+. The molecular weight excluding hydrogens is 426 g/mol. The van der Waals surface area contributed by atoms with Crippen LogP contribution in [0.1, 0.15) is 15.2 Å². The lowest BCUT2D eigenvalue weighted by atomic mass is 10.1. The van der Waals surface area contributed by atoms with E-state index in [1.165, 1.54) is 17.6 Å². The first-order valence-corrected chi connectivity index (χ1v) is 10.5. The number of hydrogen-bond acceptors (Lipinski definition) is 6. The molecule has 0 spiro atoms. The fourth-order valence-electron chi connectivity index (χ4n) is 2.90. The number of esters is 1. The quantitative estimate of drug-likeness (QED) is 0.159. The number of fused-ring (bicyclic) bond motifs is 1. The number of thiophene rings is 1. The van der Waals surface area contributed by atoms with Gasteiger partial charge in [-0.2, -0.15) is 5.10 Å².